The van der Waals surface area contributed by atoms with Crippen molar-refractivity contribution < 1.29 is 17.6 Å². The molecule has 0 aromatic heterocycles. The summed E-state index contributed by atoms with van der Waals surface area (Å²) in [6.45, 7) is 0. The number of thiocarbonyl (C=S) groups is 1. The number of rotatable bonds is 2. The van der Waals surface area contributed by atoms with Crippen LogP contribution in [0.2, 0.25) is 5.02 Å². The minimum absolute atomic E-state index is 0.276. The highest BCUT2D eigenvalue weighted by Gasteiger charge is 2.24. The summed E-state index contributed by atoms with van der Waals surface area (Å²) in [5.74, 6) is -6.37. The first kappa shape index (κ1) is 18.4. The van der Waals surface area contributed by atoms with Crippen molar-refractivity contribution in [3.05, 3.63) is 55.4 Å². The van der Waals surface area contributed by atoms with E-state index >= 15 is 0 Å². The molecule has 0 aliphatic carbocycles. The van der Waals surface area contributed by atoms with Gasteiger partial charge in [0, 0.05) is 4.47 Å². The molecule has 0 aliphatic heterocycles. The minimum Gasteiger partial charge on any atom is -0.331 e. The highest BCUT2D eigenvalue weighted by atomic mass is 79.9. The van der Waals surface area contributed by atoms with Crippen LogP contribution in [0.1, 0.15) is 0 Å². The molecule has 0 heterocycles. The second kappa shape index (κ2) is 7.33. The molecule has 0 saturated heterocycles. The van der Waals surface area contributed by atoms with Crippen molar-refractivity contribution in [1.29, 1.82) is 0 Å². The monoisotopic (exact) mass is 490 g/mol. The fraction of sp³-hybridized carbons (Fsp3) is 0. The standard InChI is InChI=1S/C13H5Br2ClF4N2S/c14-4-1-2-6(5(16)3-4)21-13(23)22-12-10(19)8(17)7(15)9(18)11(12)20/h1-3H,(H2,21,22,23). The second-order valence-electron chi connectivity index (χ2n) is 4.15. The van der Waals surface area contributed by atoms with E-state index in [0.29, 0.717) is 10.2 Å². The van der Waals surface area contributed by atoms with E-state index in [0.717, 1.165) is 0 Å². The smallest absolute Gasteiger partial charge is 0.186 e. The molecule has 2 aromatic carbocycles. The van der Waals surface area contributed by atoms with Gasteiger partial charge in [-0.25, -0.2) is 17.6 Å². The highest BCUT2D eigenvalue weighted by Crippen LogP contribution is 2.32. The van der Waals surface area contributed by atoms with Crippen LogP contribution >= 0.6 is 55.7 Å². The van der Waals surface area contributed by atoms with Gasteiger partial charge in [0.05, 0.1) is 15.2 Å². The number of halogens is 7. The third kappa shape index (κ3) is 3.96. The van der Waals surface area contributed by atoms with Crippen LogP contribution in [0, 0.1) is 23.3 Å². The first-order valence-electron chi connectivity index (χ1n) is 5.77. The van der Waals surface area contributed by atoms with Gasteiger partial charge in [0.15, 0.2) is 28.4 Å². The average molecular weight is 493 g/mol. The summed E-state index contributed by atoms with van der Waals surface area (Å²) in [7, 11) is 0. The molecule has 2 N–H and O–H groups in total. The number of hydrogen-bond acceptors (Lipinski definition) is 1. The molecule has 2 nitrogen and oxygen atoms in total. The zero-order chi connectivity index (χ0) is 17.3. The van der Waals surface area contributed by atoms with Gasteiger partial charge in [0.1, 0.15) is 5.69 Å². The quantitative estimate of drug-likeness (QED) is 0.225. The predicted octanol–water partition coefficient (Wildman–Crippen LogP) is 6.23. The number of benzene rings is 2. The topological polar surface area (TPSA) is 24.1 Å². The Labute approximate surface area is 155 Å². The Balaban J connectivity index is 2.27. The summed E-state index contributed by atoms with van der Waals surface area (Å²) in [6, 6.07) is 4.76. The molecule has 10 heteroatoms. The molecular weight excluding hydrogens is 487 g/mol. The maximum absolute atomic E-state index is 13.7. The minimum atomic E-state index is -1.61. The first-order valence-corrected chi connectivity index (χ1v) is 8.14. The fourth-order valence-electron chi connectivity index (χ4n) is 1.57. The van der Waals surface area contributed by atoms with Gasteiger partial charge in [-0.15, -0.1) is 0 Å². The molecule has 122 valence electrons. The van der Waals surface area contributed by atoms with Crippen molar-refractivity contribution in [2.75, 3.05) is 10.6 Å². The largest absolute Gasteiger partial charge is 0.331 e. The summed E-state index contributed by atoms with van der Waals surface area (Å²) in [5, 5.41) is 4.63. The van der Waals surface area contributed by atoms with Crippen LogP contribution in [0.15, 0.2) is 27.1 Å². The van der Waals surface area contributed by atoms with Crippen LogP contribution in [0.3, 0.4) is 0 Å². The Morgan fingerprint density at radius 1 is 0.957 bits per heavy atom. The van der Waals surface area contributed by atoms with E-state index in [1.165, 1.54) is 0 Å². The van der Waals surface area contributed by atoms with Crippen LogP contribution < -0.4 is 10.6 Å². The van der Waals surface area contributed by atoms with Crippen molar-refractivity contribution in [2.24, 2.45) is 0 Å². The molecule has 0 bridgehead atoms. The number of anilines is 2. The van der Waals surface area contributed by atoms with Crippen LogP contribution in [-0.2, 0) is 0 Å². The maximum Gasteiger partial charge on any atom is 0.186 e. The van der Waals surface area contributed by atoms with Gasteiger partial charge in [-0.3, -0.25) is 0 Å². The molecule has 0 unspecified atom stereocenters. The predicted molar refractivity (Wildman–Crippen MR) is 93.0 cm³/mol. The lowest BCUT2D eigenvalue weighted by Gasteiger charge is -2.14. The molecule has 0 spiro atoms. The van der Waals surface area contributed by atoms with Crippen molar-refractivity contribution in [3.8, 4) is 0 Å². The van der Waals surface area contributed by atoms with E-state index in [9.17, 15) is 17.6 Å². The molecule has 0 amide bonds. The third-order valence-electron chi connectivity index (χ3n) is 2.63. The zero-order valence-electron chi connectivity index (χ0n) is 10.8. The van der Waals surface area contributed by atoms with E-state index in [1.807, 2.05) is 0 Å². The number of nitrogens with one attached hydrogen (secondary N) is 2. The molecule has 0 fully saturated rings. The Hall–Kier alpha value is -0.900. The summed E-state index contributed by atoms with van der Waals surface area (Å²) in [5.41, 5.74) is -0.708. The van der Waals surface area contributed by atoms with Crippen molar-refractivity contribution in [2.45, 2.75) is 0 Å². The summed E-state index contributed by atoms with van der Waals surface area (Å²) in [6.07, 6.45) is 0. The summed E-state index contributed by atoms with van der Waals surface area (Å²) >= 11 is 16.5. The fourth-order valence-corrected chi connectivity index (χ4v) is 2.85. The zero-order valence-corrected chi connectivity index (χ0v) is 15.5. The molecule has 2 rings (SSSR count). The van der Waals surface area contributed by atoms with Gasteiger partial charge >= 0.3 is 0 Å². The lowest BCUT2D eigenvalue weighted by molar-refractivity contribution is 0.452. The van der Waals surface area contributed by atoms with E-state index in [-0.39, 0.29) is 10.1 Å². The molecule has 23 heavy (non-hydrogen) atoms. The molecule has 0 saturated carbocycles. The van der Waals surface area contributed by atoms with Crippen LogP contribution in [0.5, 0.6) is 0 Å². The van der Waals surface area contributed by atoms with E-state index in [4.69, 9.17) is 23.8 Å². The highest BCUT2D eigenvalue weighted by molar-refractivity contribution is 9.10. The van der Waals surface area contributed by atoms with Gasteiger partial charge in [-0.05, 0) is 46.3 Å². The van der Waals surface area contributed by atoms with E-state index in [2.05, 4.69) is 42.5 Å². The van der Waals surface area contributed by atoms with Crippen molar-refractivity contribution >= 4 is 72.2 Å². The van der Waals surface area contributed by atoms with Gasteiger partial charge in [-0.1, -0.05) is 27.5 Å². The van der Waals surface area contributed by atoms with Crippen molar-refractivity contribution in [3.63, 3.8) is 0 Å². The van der Waals surface area contributed by atoms with Crippen LogP contribution in [-0.4, -0.2) is 5.11 Å². The molecule has 0 radical (unpaired) electrons. The molecule has 2 aromatic rings. The lowest BCUT2D eigenvalue weighted by atomic mass is 10.2. The van der Waals surface area contributed by atoms with Crippen molar-refractivity contribution in [1.82, 2.24) is 0 Å². The van der Waals surface area contributed by atoms with Gasteiger partial charge in [0.25, 0.3) is 0 Å². The molecule has 0 atom stereocenters. The first-order chi connectivity index (χ1) is 10.7. The summed E-state index contributed by atoms with van der Waals surface area (Å²) < 4.78 is 54.2. The normalized spacial score (nSPS) is 10.6. The van der Waals surface area contributed by atoms with Crippen LogP contribution in [0.25, 0.3) is 0 Å². The number of hydrogen-bond donors (Lipinski definition) is 2. The Bertz CT molecular complexity index is 775. The third-order valence-corrected chi connectivity index (χ3v) is 4.33. The SMILES string of the molecule is Fc1c(F)c(NC(=S)Nc2ccc(Br)cc2Cl)c(F)c(F)c1Br. The maximum atomic E-state index is 13.7. The Morgan fingerprint density at radius 3 is 2.04 bits per heavy atom. The van der Waals surface area contributed by atoms with E-state index < -0.39 is 33.4 Å². The van der Waals surface area contributed by atoms with Gasteiger partial charge in [0.2, 0.25) is 0 Å². The Kier molecular flexibility index (Phi) is 5.88. The second-order valence-corrected chi connectivity index (χ2v) is 6.67. The van der Waals surface area contributed by atoms with E-state index in [1.54, 1.807) is 18.2 Å². The lowest BCUT2D eigenvalue weighted by Crippen LogP contribution is -2.21. The van der Waals surface area contributed by atoms with Crippen LogP contribution in [0.4, 0.5) is 28.9 Å². The molecular formula is C13H5Br2ClF4N2S. The Morgan fingerprint density at radius 2 is 1.52 bits per heavy atom. The average Bonchev–Trinajstić information content (AvgIpc) is 2.50. The van der Waals surface area contributed by atoms with Gasteiger partial charge < -0.3 is 10.6 Å². The summed E-state index contributed by atoms with van der Waals surface area (Å²) in [4.78, 5) is 0. The van der Waals surface area contributed by atoms with Gasteiger partial charge in [-0.2, -0.15) is 0 Å². The molecule has 0 aliphatic rings.